The van der Waals surface area contributed by atoms with Gasteiger partial charge in [0.15, 0.2) is 0 Å². The van der Waals surface area contributed by atoms with Gasteiger partial charge in [-0.25, -0.2) is 10.6 Å². The van der Waals surface area contributed by atoms with Crippen LogP contribution in [-0.4, -0.2) is 25.1 Å². The zero-order valence-corrected chi connectivity index (χ0v) is 10.8. The van der Waals surface area contributed by atoms with E-state index < -0.39 is 0 Å². The van der Waals surface area contributed by atoms with Gasteiger partial charge < -0.3 is 9.64 Å². The van der Waals surface area contributed by atoms with Crippen LogP contribution in [0.2, 0.25) is 5.02 Å². The fourth-order valence-electron chi connectivity index (χ4n) is 1.46. The molecule has 0 aliphatic heterocycles. The predicted octanol–water partition coefficient (Wildman–Crippen LogP) is 1.67. The van der Waals surface area contributed by atoms with Crippen molar-refractivity contribution in [3.63, 3.8) is 0 Å². The van der Waals surface area contributed by atoms with E-state index in [9.17, 15) is 4.79 Å². The van der Waals surface area contributed by atoms with Gasteiger partial charge in [0.05, 0.1) is 12.1 Å². The van der Waals surface area contributed by atoms with E-state index in [4.69, 9.17) is 22.2 Å². The van der Waals surface area contributed by atoms with E-state index >= 15 is 0 Å². The summed E-state index contributed by atoms with van der Waals surface area (Å²) in [7, 11) is 3.22. The Balaban J connectivity index is 2.92. The Kier molecular flexibility index (Phi) is 4.60. The Labute approximate surface area is 105 Å². The standard InChI is InChI=1S/C11H16ClN3O2/c1-7-4-10(17-3)9(12)5-8(7)6-15(2)11(16)14-13/h4-5H,6,13H2,1-3H3,(H,14,16). The molecule has 0 fully saturated rings. The number of urea groups is 1. The van der Waals surface area contributed by atoms with Gasteiger partial charge in [-0.1, -0.05) is 11.6 Å². The lowest BCUT2D eigenvalue weighted by Gasteiger charge is -2.18. The minimum Gasteiger partial charge on any atom is -0.495 e. The maximum Gasteiger partial charge on any atom is 0.331 e. The molecule has 0 heterocycles. The van der Waals surface area contributed by atoms with Crippen LogP contribution < -0.4 is 16.0 Å². The van der Waals surface area contributed by atoms with Crippen molar-refractivity contribution in [1.29, 1.82) is 0 Å². The molecule has 0 atom stereocenters. The number of hydrazine groups is 1. The third-order valence-electron chi connectivity index (χ3n) is 2.49. The van der Waals surface area contributed by atoms with Gasteiger partial charge in [0, 0.05) is 13.6 Å². The zero-order valence-electron chi connectivity index (χ0n) is 10.1. The summed E-state index contributed by atoms with van der Waals surface area (Å²) in [5, 5.41) is 0.523. The summed E-state index contributed by atoms with van der Waals surface area (Å²) >= 11 is 6.03. The van der Waals surface area contributed by atoms with Gasteiger partial charge >= 0.3 is 6.03 Å². The van der Waals surface area contributed by atoms with Crippen LogP contribution in [0, 0.1) is 6.92 Å². The molecule has 3 N–H and O–H groups in total. The maximum absolute atomic E-state index is 11.3. The molecule has 5 nitrogen and oxygen atoms in total. The van der Waals surface area contributed by atoms with Crippen molar-refractivity contribution in [2.24, 2.45) is 5.84 Å². The molecule has 0 aliphatic carbocycles. The number of aryl methyl sites for hydroxylation is 1. The number of benzene rings is 1. The number of nitrogens with zero attached hydrogens (tertiary/aromatic N) is 1. The molecule has 17 heavy (non-hydrogen) atoms. The Bertz CT molecular complexity index is 423. The summed E-state index contributed by atoms with van der Waals surface area (Å²) in [6.07, 6.45) is 0. The van der Waals surface area contributed by atoms with Crippen LogP contribution in [0.25, 0.3) is 0 Å². The van der Waals surface area contributed by atoms with Crippen LogP contribution >= 0.6 is 11.6 Å². The molecular formula is C11H16ClN3O2. The Morgan fingerprint density at radius 2 is 2.24 bits per heavy atom. The second-order valence-electron chi connectivity index (χ2n) is 3.72. The second-order valence-corrected chi connectivity index (χ2v) is 4.13. The molecule has 0 aliphatic rings. The Morgan fingerprint density at radius 1 is 1.59 bits per heavy atom. The first-order chi connectivity index (χ1) is 7.99. The fraction of sp³-hybridized carbons (Fsp3) is 0.364. The number of methoxy groups -OCH3 is 1. The van der Waals surface area contributed by atoms with Gasteiger partial charge in [0.2, 0.25) is 0 Å². The fourth-order valence-corrected chi connectivity index (χ4v) is 1.72. The molecular weight excluding hydrogens is 242 g/mol. The van der Waals surface area contributed by atoms with E-state index in [1.807, 2.05) is 13.0 Å². The molecule has 0 spiro atoms. The molecule has 0 saturated carbocycles. The van der Waals surface area contributed by atoms with E-state index in [0.717, 1.165) is 11.1 Å². The molecule has 1 rings (SSSR count). The van der Waals surface area contributed by atoms with Crippen LogP contribution in [0.15, 0.2) is 12.1 Å². The largest absolute Gasteiger partial charge is 0.495 e. The van der Waals surface area contributed by atoms with Gasteiger partial charge in [-0.15, -0.1) is 0 Å². The van der Waals surface area contributed by atoms with E-state index in [1.165, 1.54) is 4.90 Å². The zero-order chi connectivity index (χ0) is 13.0. The van der Waals surface area contributed by atoms with Crippen LogP contribution in [-0.2, 0) is 6.54 Å². The number of ether oxygens (including phenoxy) is 1. The summed E-state index contributed by atoms with van der Waals surface area (Å²) in [5.41, 5.74) is 4.02. The number of rotatable bonds is 3. The highest BCUT2D eigenvalue weighted by Crippen LogP contribution is 2.28. The van der Waals surface area contributed by atoms with Gasteiger partial charge in [-0.05, 0) is 30.2 Å². The van der Waals surface area contributed by atoms with Crippen molar-refractivity contribution in [3.8, 4) is 5.75 Å². The van der Waals surface area contributed by atoms with Gasteiger partial charge in [-0.2, -0.15) is 0 Å². The molecule has 0 radical (unpaired) electrons. The summed E-state index contributed by atoms with van der Waals surface area (Å²) in [6, 6.07) is 3.28. The van der Waals surface area contributed by atoms with E-state index in [2.05, 4.69) is 5.43 Å². The van der Waals surface area contributed by atoms with Crippen molar-refractivity contribution < 1.29 is 9.53 Å². The SMILES string of the molecule is COc1cc(C)c(CN(C)C(=O)NN)cc1Cl. The quantitative estimate of drug-likeness (QED) is 0.492. The monoisotopic (exact) mass is 257 g/mol. The van der Waals surface area contributed by atoms with Gasteiger partial charge in [0.25, 0.3) is 0 Å². The van der Waals surface area contributed by atoms with Crippen molar-refractivity contribution >= 4 is 17.6 Å². The second kappa shape index (κ2) is 5.75. The summed E-state index contributed by atoms with van der Waals surface area (Å²) in [5.74, 6) is 5.68. The van der Waals surface area contributed by atoms with Crippen LogP contribution in [0.3, 0.4) is 0 Å². The molecule has 6 heteroatoms. The third kappa shape index (κ3) is 3.25. The van der Waals surface area contributed by atoms with Crippen LogP contribution in [0.4, 0.5) is 4.79 Å². The molecule has 0 aromatic heterocycles. The highest BCUT2D eigenvalue weighted by atomic mass is 35.5. The number of carbonyl (C=O) groups excluding carboxylic acids is 1. The van der Waals surface area contributed by atoms with Gasteiger partial charge in [-0.3, -0.25) is 5.43 Å². The summed E-state index contributed by atoms with van der Waals surface area (Å²) in [6.45, 7) is 2.36. The summed E-state index contributed by atoms with van der Waals surface area (Å²) < 4.78 is 5.11. The average molecular weight is 258 g/mol. The Hall–Kier alpha value is -1.46. The minimum atomic E-state index is -0.351. The van der Waals surface area contributed by atoms with Gasteiger partial charge in [0.1, 0.15) is 5.75 Å². The normalized spacial score (nSPS) is 9.94. The van der Waals surface area contributed by atoms with E-state index in [1.54, 1.807) is 20.2 Å². The maximum atomic E-state index is 11.3. The molecule has 2 amide bonds. The molecule has 1 aromatic rings. The minimum absolute atomic E-state index is 0.351. The highest BCUT2D eigenvalue weighted by molar-refractivity contribution is 6.32. The van der Waals surface area contributed by atoms with E-state index in [-0.39, 0.29) is 6.03 Å². The van der Waals surface area contributed by atoms with Crippen LogP contribution in [0.5, 0.6) is 5.75 Å². The molecule has 0 saturated heterocycles. The lowest BCUT2D eigenvalue weighted by molar-refractivity contribution is 0.207. The lowest BCUT2D eigenvalue weighted by Crippen LogP contribution is -2.40. The first-order valence-electron chi connectivity index (χ1n) is 5.04. The number of halogens is 1. The number of nitrogens with two attached hydrogens (primary N) is 1. The van der Waals surface area contributed by atoms with Crippen molar-refractivity contribution in [2.45, 2.75) is 13.5 Å². The first kappa shape index (κ1) is 13.6. The molecule has 94 valence electrons. The van der Waals surface area contributed by atoms with Crippen molar-refractivity contribution in [3.05, 3.63) is 28.3 Å². The molecule has 0 unspecified atom stereocenters. The molecule has 1 aromatic carbocycles. The Morgan fingerprint density at radius 3 is 2.76 bits per heavy atom. The number of amides is 2. The lowest BCUT2D eigenvalue weighted by atomic mass is 10.1. The predicted molar refractivity (Wildman–Crippen MR) is 66.9 cm³/mol. The molecule has 0 bridgehead atoms. The topological polar surface area (TPSA) is 67.6 Å². The number of carbonyl (C=O) groups is 1. The van der Waals surface area contributed by atoms with Crippen LogP contribution in [0.1, 0.15) is 11.1 Å². The van der Waals surface area contributed by atoms with Crippen molar-refractivity contribution in [2.75, 3.05) is 14.2 Å². The number of hydrogen-bond donors (Lipinski definition) is 2. The third-order valence-corrected chi connectivity index (χ3v) is 2.78. The highest BCUT2D eigenvalue weighted by Gasteiger charge is 2.11. The number of hydrogen-bond acceptors (Lipinski definition) is 3. The van der Waals surface area contributed by atoms with Crippen molar-refractivity contribution in [1.82, 2.24) is 10.3 Å². The number of nitrogens with one attached hydrogen (secondary N) is 1. The summed E-state index contributed by atoms with van der Waals surface area (Å²) in [4.78, 5) is 12.7. The first-order valence-corrected chi connectivity index (χ1v) is 5.42. The average Bonchev–Trinajstić information content (AvgIpc) is 2.32. The smallest absolute Gasteiger partial charge is 0.331 e. The van der Waals surface area contributed by atoms with E-state index in [0.29, 0.717) is 17.3 Å².